The maximum atomic E-state index is 12.0. The number of hydrogen-bond acceptors (Lipinski definition) is 6. The van der Waals surface area contributed by atoms with Gasteiger partial charge in [0, 0.05) is 26.7 Å². The highest BCUT2D eigenvalue weighted by atomic mass is 32.1. The number of nitrogens with zero attached hydrogens (tertiary/aromatic N) is 2. The summed E-state index contributed by atoms with van der Waals surface area (Å²) in [5.74, 6) is 0.178. The van der Waals surface area contributed by atoms with Gasteiger partial charge >= 0.3 is 0 Å². The molecule has 4 N–H and O–H groups in total. The largest absolute Gasteiger partial charge is 0.382 e. The molecule has 0 aromatic carbocycles. The first-order valence-corrected chi connectivity index (χ1v) is 7.35. The van der Waals surface area contributed by atoms with E-state index in [1.165, 1.54) is 24.2 Å². The first kappa shape index (κ1) is 14.1. The smallest absolute Gasteiger partial charge is 0.265 e. The Morgan fingerprint density at radius 1 is 1.47 bits per heavy atom. The summed E-state index contributed by atoms with van der Waals surface area (Å²) >= 11 is 1.32. The van der Waals surface area contributed by atoms with Crippen molar-refractivity contribution in [2.75, 3.05) is 37.8 Å². The van der Waals surface area contributed by atoms with Crippen LogP contribution in [-0.4, -0.2) is 44.1 Å². The topological polar surface area (TPSA) is 83.3 Å². The SMILES string of the molecule is CN(C)c1nc(N)c(C(=O)NCCCNC2CC2)s1. The number of rotatable bonds is 7. The number of carbonyl (C=O) groups is 1. The molecule has 0 spiro atoms. The van der Waals surface area contributed by atoms with Crippen molar-refractivity contribution < 1.29 is 4.79 Å². The predicted octanol–water partition coefficient (Wildman–Crippen LogP) is 0.663. The Labute approximate surface area is 117 Å². The van der Waals surface area contributed by atoms with E-state index in [0.29, 0.717) is 17.2 Å². The molecule has 0 bridgehead atoms. The highest BCUT2D eigenvalue weighted by Crippen LogP contribution is 2.26. The summed E-state index contributed by atoms with van der Waals surface area (Å²) in [6.07, 6.45) is 3.51. The molecule has 1 heterocycles. The second-order valence-corrected chi connectivity index (χ2v) is 5.92. The van der Waals surface area contributed by atoms with Gasteiger partial charge in [0.1, 0.15) is 10.7 Å². The number of thiazole rings is 1. The van der Waals surface area contributed by atoms with Crippen LogP contribution >= 0.6 is 11.3 Å². The third kappa shape index (κ3) is 4.07. The molecular weight excluding hydrogens is 262 g/mol. The molecular formula is C12H21N5OS. The predicted molar refractivity (Wildman–Crippen MR) is 78.8 cm³/mol. The van der Waals surface area contributed by atoms with Crippen LogP contribution in [0.25, 0.3) is 0 Å². The van der Waals surface area contributed by atoms with Gasteiger partial charge in [-0.1, -0.05) is 11.3 Å². The Kier molecular flexibility index (Phi) is 4.60. The zero-order valence-electron chi connectivity index (χ0n) is 11.4. The van der Waals surface area contributed by atoms with Gasteiger partial charge in [-0.25, -0.2) is 4.98 Å². The van der Waals surface area contributed by atoms with Crippen molar-refractivity contribution >= 4 is 28.2 Å². The van der Waals surface area contributed by atoms with E-state index in [9.17, 15) is 4.79 Å². The van der Waals surface area contributed by atoms with E-state index in [1.807, 2.05) is 19.0 Å². The van der Waals surface area contributed by atoms with E-state index < -0.39 is 0 Å². The quantitative estimate of drug-likeness (QED) is 0.640. The highest BCUT2D eigenvalue weighted by Gasteiger charge is 2.20. The molecule has 1 aromatic rings. The molecule has 0 atom stereocenters. The number of carbonyl (C=O) groups excluding carboxylic acids is 1. The maximum Gasteiger partial charge on any atom is 0.265 e. The lowest BCUT2D eigenvalue weighted by Gasteiger charge is -2.05. The van der Waals surface area contributed by atoms with Crippen LogP contribution in [0.4, 0.5) is 10.9 Å². The molecule has 2 rings (SSSR count). The Bertz CT molecular complexity index is 441. The van der Waals surface area contributed by atoms with Crippen LogP contribution in [0.2, 0.25) is 0 Å². The van der Waals surface area contributed by atoms with Gasteiger partial charge in [0.2, 0.25) is 0 Å². The average molecular weight is 283 g/mol. The van der Waals surface area contributed by atoms with Gasteiger partial charge in [-0.05, 0) is 25.8 Å². The zero-order chi connectivity index (χ0) is 13.8. The van der Waals surface area contributed by atoms with Crippen LogP contribution < -0.4 is 21.3 Å². The minimum absolute atomic E-state index is 0.130. The van der Waals surface area contributed by atoms with Crippen molar-refractivity contribution in [3.63, 3.8) is 0 Å². The fourth-order valence-corrected chi connectivity index (χ4v) is 2.46. The molecule has 1 aliphatic carbocycles. The fourth-order valence-electron chi connectivity index (χ4n) is 1.64. The third-order valence-corrected chi connectivity index (χ3v) is 4.12. The van der Waals surface area contributed by atoms with Gasteiger partial charge < -0.3 is 21.3 Å². The van der Waals surface area contributed by atoms with Gasteiger partial charge in [-0.3, -0.25) is 4.79 Å². The molecule has 0 saturated heterocycles. The third-order valence-electron chi connectivity index (χ3n) is 2.88. The minimum atomic E-state index is -0.130. The summed E-state index contributed by atoms with van der Waals surface area (Å²) in [6, 6.07) is 0.718. The Balaban J connectivity index is 1.75. The van der Waals surface area contributed by atoms with Gasteiger partial charge in [0.15, 0.2) is 5.13 Å². The number of hydrogen-bond donors (Lipinski definition) is 3. The number of nitrogens with two attached hydrogens (primary N) is 1. The zero-order valence-corrected chi connectivity index (χ0v) is 12.2. The standard InChI is InChI=1S/C12H21N5OS/c1-17(2)12-16-10(13)9(19-12)11(18)15-7-3-6-14-8-4-5-8/h8,14H,3-7,13H2,1-2H3,(H,15,18). The highest BCUT2D eigenvalue weighted by molar-refractivity contribution is 7.18. The van der Waals surface area contributed by atoms with Gasteiger partial charge in [0.25, 0.3) is 5.91 Å². The summed E-state index contributed by atoms with van der Waals surface area (Å²) in [7, 11) is 3.76. The van der Waals surface area contributed by atoms with E-state index in [0.717, 1.165) is 24.1 Å². The first-order chi connectivity index (χ1) is 9.08. The lowest BCUT2D eigenvalue weighted by Crippen LogP contribution is -2.27. The molecule has 106 valence electrons. The number of nitrogen functional groups attached to an aromatic ring is 1. The van der Waals surface area contributed by atoms with E-state index in [-0.39, 0.29) is 5.91 Å². The van der Waals surface area contributed by atoms with Crippen LogP contribution in [0.15, 0.2) is 0 Å². The second-order valence-electron chi connectivity index (χ2n) is 4.94. The monoisotopic (exact) mass is 283 g/mol. The van der Waals surface area contributed by atoms with Crippen LogP contribution in [-0.2, 0) is 0 Å². The first-order valence-electron chi connectivity index (χ1n) is 6.53. The van der Waals surface area contributed by atoms with Crippen molar-refractivity contribution in [1.29, 1.82) is 0 Å². The number of amides is 1. The second kappa shape index (κ2) is 6.21. The van der Waals surface area contributed by atoms with Crippen molar-refractivity contribution in [1.82, 2.24) is 15.6 Å². The molecule has 1 aliphatic rings. The Hall–Kier alpha value is -1.34. The molecule has 1 saturated carbocycles. The summed E-state index contributed by atoms with van der Waals surface area (Å²) in [5.41, 5.74) is 5.76. The van der Waals surface area contributed by atoms with E-state index >= 15 is 0 Å². The summed E-state index contributed by atoms with van der Waals surface area (Å²) < 4.78 is 0. The van der Waals surface area contributed by atoms with Gasteiger partial charge in [-0.15, -0.1) is 0 Å². The molecule has 0 unspecified atom stereocenters. The lowest BCUT2D eigenvalue weighted by molar-refractivity contribution is 0.0958. The summed E-state index contributed by atoms with van der Waals surface area (Å²) in [5, 5.41) is 7.04. The van der Waals surface area contributed by atoms with E-state index in [1.54, 1.807) is 0 Å². The van der Waals surface area contributed by atoms with Gasteiger partial charge in [0.05, 0.1) is 0 Å². The molecule has 1 fully saturated rings. The Morgan fingerprint density at radius 2 is 2.21 bits per heavy atom. The molecule has 1 amide bonds. The number of anilines is 2. The lowest BCUT2D eigenvalue weighted by atomic mass is 10.4. The van der Waals surface area contributed by atoms with Crippen LogP contribution in [0, 0.1) is 0 Å². The molecule has 0 radical (unpaired) electrons. The minimum Gasteiger partial charge on any atom is -0.382 e. The number of nitrogens with one attached hydrogen (secondary N) is 2. The molecule has 19 heavy (non-hydrogen) atoms. The van der Waals surface area contributed by atoms with Crippen LogP contribution in [0.5, 0.6) is 0 Å². The summed E-state index contributed by atoms with van der Waals surface area (Å²) in [6.45, 7) is 1.61. The van der Waals surface area contributed by atoms with E-state index in [4.69, 9.17) is 5.73 Å². The maximum absolute atomic E-state index is 12.0. The van der Waals surface area contributed by atoms with Crippen molar-refractivity contribution in [2.24, 2.45) is 0 Å². The molecule has 0 aliphatic heterocycles. The van der Waals surface area contributed by atoms with Gasteiger partial charge in [-0.2, -0.15) is 0 Å². The summed E-state index contributed by atoms with van der Waals surface area (Å²) in [4.78, 5) is 18.5. The van der Waals surface area contributed by atoms with Crippen molar-refractivity contribution in [2.45, 2.75) is 25.3 Å². The van der Waals surface area contributed by atoms with Crippen LogP contribution in [0.1, 0.15) is 28.9 Å². The van der Waals surface area contributed by atoms with Crippen molar-refractivity contribution in [3.8, 4) is 0 Å². The average Bonchev–Trinajstić information content (AvgIpc) is 3.09. The van der Waals surface area contributed by atoms with E-state index in [2.05, 4.69) is 15.6 Å². The normalized spacial score (nSPS) is 14.4. The Morgan fingerprint density at radius 3 is 2.79 bits per heavy atom. The fraction of sp³-hybridized carbons (Fsp3) is 0.667. The molecule has 7 heteroatoms. The van der Waals surface area contributed by atoms with Crippen molar-refractivity contribution in [3.05, 3.63) is 4.88 Å². The molecule has 6 nitrogen and oxygen atoms in total. The molecule has 1 aromatic heterocycles. The van der Waals surface area contributed by atoms with Crippen LogP contribution in [0.3, 0.4) is 0 Å². The number of aromatic nitrogens is 1.